The summed E-state index contributed by atoms with van der Waals surface area (Å²) in [5.74, 6) is 1.69. The molecule has 1 N–H and O–H groups in total. The number of nitrogens with zero attached hydrogens (tertiary/aromatic N) is 2. The van der Waals surface area contributed by atoms with Crippen LogP contribution in [-0.4, -0.2) is 74.2 Å². The number of carbonyl (C=O) groups is 1. The van der Waals surface area contributed by atoms with E-state index in [-0.39, 0.29) is 5.91 Å². The Morgan fingerprint density at radius 3 is 2.92 bits per heavy atom. The quantitative estimate of drug-likeness (QED) is 0.875. The van der Waals surface area contributed by atoms with Gasteiger partial charge in [0.1, 0.15) is 0 Å². The number of thiophene rings is 1. The fraction of sp³-hybridized carbons (Fsp3) is 0.722. The summed E-state index contributed by atoms with van der Waals surface area (Å²) < 4.78 is 5.46. The highest BCUT2D eigenvalue weighted by Gasteiger charge is 2.40. The van der Waals surface area contributed by atoms with E-state index < -0.39 is 0 Å². The molecule has 4 aliphatic rings. The van der Waals surface area contributed by atoms with Gasteiger partial charge in [-0.3, -0.25) is 14.6 Å². The van der Waals surface area contributed by atoms with E-state index in [9.17, 15) is 4.79 Å². The van der Waals surface area contributed by atoms with Gasteiger partial charge in [-0.1, -0.05) is 6.07 Å². The van der Waals surface area contributed by atoms with E-state index in [2.05, 4.69) is 15.1 Å². The van der Waals surface area contributed by atoms with Crippen molar-refractivity contribution >= 4 is 17.2 Å². The van der Waals surface area contributed by atoms with Crippen molar-refractivity contribution in [3.8, 4) is 0 Å². The van der Waals surface area contributed by atoms with Crippen LogP contribution in [0.5, 0.6) is 0 Å². The molecule has 1 unspecified atom stereocenters. The van der Waals surface area contributed by atoms with Crippen LogP contribution in [0.4, 0.5) is 0 Å². The van der Waals surface area contributed by atoms with Gasteiger partial charge in [-0.2, -0.15) is 0 Å². The molecule has 0 spiro atoms. The number of ether oxygens (including phenoxy) is 1. The molecule has 0 aliphatic carbocycles. The van der Waals surface area contributed by atoms with E-state index in [0.29, 0.717) is 6.04 Å². The second-order valence-electron chi connectivity index (χ2n) is 7.29. The predicted octanol–water partition coefficient (Wildman–Crippen LogP) is 1.52. The highest BCUT2D eigenvalue weighted by atomic mass is 32.1. The van der Waals surface area contributed by atoms with E-state index in [1.165, 1.54) is 43.8 Å². The molecule has 1 amide bonds. The summed E-state index contributed by atoms with van der Waals surface area (Å²) in [6, 6.07) is 4.35. The fourth-order valence-corrected chi connectivity index (χ4v) is 5.13. The summed E-state index contributed by atoms with van der Waals surface area (Å²) in [5, 5.41) is 5.09. The van der Waals surface area contributed by atoms with Crippen molar-refractivity contribution in [3.05, 3.63) is 22.4 Å². The third-order valence-electron chi connectivity index (χ3n) is 5.85. The third kappa shape index (κ3) is 3.67. The lowest BCUT2D eigenvalue weighted by molar-refractivity contribution is -0.0292. The number of rotatable bonds is 5. The van der Waals surface area contributed by atoms with E-state index >= 15 is 0 Å². The molecule has 5 nitrogen and oxygen atoms in total. The average molecular weight is 350 g/mol. The van der Waals surface area contributed by atoms with Crippen molar-refractivity contribution in [2.45, 2.75) is 18.9 Å². The molecule has 5 heterocycles. The number of morpholine rings is 1. The van der Waals surface area contributed by atoms with Crippen LogP contribution in [0.1, 0.15) is 22.5 Å². The topological polar surface area (TPSA) is 44.8 Å². The maximum absolute atomic E-state index is 12.1. The third-order valence-corrected chi connectivity index (χ3v) is 6.72. The minimum Gasteiger partial charge on any atom is -0.379 e. The molecule has 0 saturated carbocycles. The standard InChI is InChI=1S/C18H27N3O2S/c22-18(17-2-1-9-24-17)19-11-16-10-14-3-4-21(16)13-15(14)12-20-5-7-23-8-6-20/h1-2,9,14-16H,3-8,10-13H2,(H,19,22)/t14-,15+,16+/m1/s1. The van der Waals surface area contributed by atoms with Gasteiger partial charge < -0.3 is 10.1 Å². The van der Waals surface area contributed by atoms with Gasteiger partial charge in [-0.15, -0.1) is 11.3 Å². The van der Waals surface area contributed by atoms with Gasteiger partial charge >= 0.3 is 0 Å². The van der Waals surface area contributed by atoms with Gasteiger partial charge in [0, 0.05) is 38.8 Å². The number of hydrogen-bond acceptors (Lipinski definition) is 5. The predicted molar refractivity (Wildman–Crippen MR) is 95.5 cm³/mol. The molecule has 1 aromatic rings. The Morgan fingerprint density at radius 2 is 2.21 bits per heavy atom. The van der Waals surface area contributed by atoms with Crippen LogP contribution in [0, 0.1) is 11.8 Å². The Bertz CT molecular complexity index is 544. The highest BCUT2D eigenvalue weighted by Crippen LogP contribution is 2.36. The molecule has 4 saturated heterocycles. The molecule has 0 aromatic carbocycles. The molecule has 24 heavy (non-hydrogen) atoms. The molecule has 132 valence electrons. The summed E-state index contributed by atoms with van der Waals surface area (Å²) in [6.45, 7) is 8.35. The van der Waals surface area contributed by atoms with Crippen LogP contribution in [0.3, 0.4) is 0 Å². The first-order chi connectivity index (χ1) is 11.8. The Hall–Kier alpha value is -0.950. The number of nitrogens with one attached hydrogen (secondary N) is 1. The highest BCUT2D eigenvalue weighted by molar-refractivity contribution is 7.12. The van der Waals surface area contributed by atoms with Crippen LogP contribution in [0.2, 0.25) is 0 Å². The fourth-order valence-electron chi connectivity index (χ4n) is 4.49. The van der Waals surface area contributed by atoms with Gasteiger partial charge in [0.15, 0.2) is 0 Å². The molecule has 4 aliphatic heterocycles. The first-order valence-corrected chi connectivity index (χ1v) is 10.0. The van der Waals surface area contributed by atoms with Crippen molar-refractivity contribution in [3.63, 3.8) is 0 Å². The number of amides is 1. The van der Waals surface area contributed by atoms with Crippen molar-refractivity contribution in [1.29, 1.82) is 0 Å². The zero-order valence-electron chi connectivity index (χ0n) is 14.2. The summed E-state index contributed by atoms with van der Waals surface area (Å²) in [6.07, 6.45) is 2.56. The minimum atomic E-state index is 0.0810. The number of carbonyl (C=O) groups excluding carboxylic acids is 1. The molecular formula is C18H27N3O2S. The van der Waals surface area contributed by atoms with Crippen LogP contribution < -0.4 is 5.32 Å². The number of hydrogen-bond donors (Lipinski definition) is 1. The molecular weight excluding hydrogens is 322 g/mol. The smallest absolute Gasteiger partial charge is 0.261 e. The zero-order chi connectivity index (χ0) is 16.4. The molecule has 4 atom stereocenters. The molecule has 0 radical (unpaired) electrons. The van der Waals surface area contributed by atoms with Crippen molar-refractivity contribution < 1.29 is 9.53 Å². The lowest BCUT2D eigenvalue weighted by Gasteiger charge is -2.51. The Balaban J connectivity index is 1.27. The minimum absolute atomic E-state index is 0.0810. The van der Waals surface area contributed by atoms with Gasteiger partial charge in [0.25, 0.3) is 5.91 Å². The largest absolute Gasteiger partial charge is 0.379 e. The number of fused-ring (bicyclic) bond motifs is 3. The van der Waals surface area contributed by atoms with Gasteiger partial charge in [0.05, 0.1) is 18.1 Å². The second-order valence-corrected chi connectivity index (χ2v) is 8.24. The van der Waals surface area contributed by atoms with Crippen LogP contribution >= 0.6 is 11.3 Å². The van der Waals surface area contributed by atoms with Gasteiger partial charge in [0.2, 0.25) is 0 Å². The molecule has 6 heteroatoms. The molecule has 4 fully saturated rings. The summed E-state index contributed by atoms with van der Waals surface area (Å²) in [7, 11) is 0. The van der Waals surface area contributed by atoms with Gasteiger partial charge in [-0.05, 0) is 42.7 Å². The second kappa shape index (κ2) is 7.52. The molecule has 5 rings (SSSR count). The van der Waals surface area contributed by atoms with Crippen molar-refractivity contribution in [1.82, 2.24) is 15.1 Å². The van der Waals surface area contributed by atoms with Crippen LogP contribution in [0.25, 0.3) is 0 Å². The van der Waals surface area contributed by atoms with E-state index in [1.807, 2.05) is 17.5 Å². The Kier molecular flexibility index (Phi) is 5.17. The maximum atomic E-state index is 12.1. The van der Waals surface area contributed by atoms with E-state index in [4.69, 9.17) is 4.74 Å². The van der Waals surface area contributed by atoms with Crippen LogP contribution in [0.15, 0.2) is 17.5 Å². The first-order valence-electron chi connectivity index (χ1n) is 9.15. The Morgan fingerprint density at radius 1 is 1.33 bits per heavy atom. The summed E-state index contributed by atoms with van der Waals surface area (Å²) >= 11 is 1.51. The average Bonchev–Trinajstić information content (AvgIpc) is 3.16. The van der Waals surface area contributed by atoms with Crippen molar-refractivity contribution in [2.75, 3.05) is 52.5 Å². The molecule has 2 bridgehead atoms. The SMILES string of the molecule is O=C(NC[C@@H]1C[C@H]2CCN1C[C@@H]2CN1CCOCC1)c1cccs1. The maximum Gasteiger partial charge on any atom is 0.261 e. The summed E-state index contributed by atoms with van der Waals surface area (Å²) in [5.41, 5.74) is 0. The van der Waals surface area contributed by atoms with E-state index in [0.717, 1.165) is 49.6 Å². The van der Waals surface area contributed by atoms with Crippen LogP contribution in [-0.2, 0) is 4.74 Å². The molecule has 1 aromatic heterocycles. The lowest BCUT2D eigenvalue weighted by Crippen LogP contribution is -2.58. The zero-order valence-corrected chi connectivity index (χ0v) is 15.0. The first kappa shape index (κ1) is 16.5. The normalized spacial score (nSPS) is 33.5. The lowest BCUT2D eigenvalue weighted by atomic mass is 9.75. The van der Waals surface area contributed by atoms with Crippen molar-refractivity contribution in [2.24, 2.45) is 11.8 Å². The monoisotopic (exact) mass is 349 g/mol. The summed E-state index contributed by atoms with van der Waals surface area (Å²) in [4.78, 5) is 18.1. The van der Waals surface area contributed by atoms with Gasteiger partial charge in [-0.25, -0.2) is 0 Å². The Labute approximate surface area is 148 Å². The number of piperidine rings is 3. The van der Waals surface area contributed by atoms with E-state index in [1.54, 1.807) is 0 Å².